The Kier molecular flexibility index (Phi) is 7.23. The molecule has 35 heavy (non-hydrogen) atoms. The van der Waals surface area contributed by atoms with Gasteiger partial charge in [0.1, 0.15) is 11.2 Å². The summed E-state index contributed by atoms with van der Waals surface area (Å²) in [5.74, 6) is -1.46. The topological polar surface area (TPSA) is 130 Å². The zero-order chi connectivity index (χ0) is 25.1. The van der Waals surface area contributed by atoms with E-state index < -0.39 is 11.6 Å². The fourth-order valence-electron chi connectivity index (χ4n) is 4.73. The van der Waals surface area contributed by atoms with Crippen LogP contribution in [0.3, 0.4) is 0 Å². The van der Waals surface area contributed by atoms with Crippen LogP contribution >= 0.6 is 0 Å². The number of likely N-dealkylation sites (tertiary alicyclic amines) is 1. The number of rotatable bonds is 8. The summed E-state index contributed by atoms with van der Waals surface area (Å²) >= 11 is 0. The third kappa shape index (κ3) is 5.39. The Labute approximate surface area is 202 Å². The lowest BCUT2D eigenvalue weighted by molar-refractivity contribution is -0.138. The summed E-state index contributed by atoms with van der Waals surface area (Å²) in [6.45, 7) is 5.02. The van der Waals surface area contributed by atoms with Gasteiger partial charge >= 0.3 is 11.6 Å². The first-order valence-corrected chi connectivity index (χ1v) is 12.0. The number of furan rings is 1. The Morgan fingerprint density at radius 1 is 1.14 bits per heavy atom. The molecule has 1 aliphatic heterocycles. The molecule has 0 spiro atoms. The number of hydrogen-bond donors (Lipinski definition) is 2. The molecule has 3 aromatic rings. The summed E-state index contributed by atoms with van der Waals surface area (Å²) in [5, 5.41) is 13.2. The largest absolute Gasteiger partial charge is 0.481 e. The maximum absolute atomic E-state index is 12.9. The lowest BCUT2D eigenvalue weighted by atomic mass is 9.96. The SMILES string of the molecule is Cc1coc2cc3oc(=O)c(CCC(=O)N4CCC[C@H](C(=O)NCCCC(=O)O)C4)c(C)c3cc12. The molecule has 0 unspecified atom stereocenters. The van der Waals surface area contributed by atoms with Gasteiger partial charge in [-0.15, -0.1) is 0 Å². The molecule has 9 heteroatoms. The van der Waals surface area contributed by atoms with Gasteiger partial charge < -0.3 is 24.2 Å². The number of benzene rings is 1. The van der Waals surface area contributed by atoms with Gasteiger partial charge in [0, 0.05) is 54.9 Å². The first-order chi connectivity index (χ1) is 16.7. The van der Waals surface area contributed by atoms with Crippen molar-refractivity contribution in [1.82, 2.24) is 10.2 Å². The predicted molar refractivity (Wildman–Crippen MR) is 129 cm³/mol. The van der Waals surface area contributed by atoms with E-state index in [-0.39, 0.29) is 37.0 Å². The maximum atomic E-state index is 12.9. The fourth-order valence-corrected chi connectivity index (χ4v) is 4.73. The Morgan fingerprint density at radius 2 is 1.94 bits per heavy atom. The number of aryl methyl sites for hydroxylation is 2. The summed E-state index contributed by atoms with van der Waals surface area (Å²) in [6, 6.07) is 3.68. The molecule has 1 atom stereocenters. The lowest BCUT2D eigenvalue weighted by Crippen LogP contribution is -2.45. The van der Waals surface area contributed by atoms with E-state index in [2.05, 4.69) is 5.32 Å². The van der Waals surface area contributed by atoms with Crippen molar-refractivity contribution in [3.63, 3.8) is 0 Å². The fraction of sp³-hybridized carbons (Fsp3) is 0.462. The molecule has 0 bridgehead atoms. The molecule has 4 rings (SSSR count). The number of carboxylic acids is 1. The number of carbonyl (C=O) groups is 3. The lowest BCUT2D eigenvalue weighted by Gasteiger charge is -2.32. The highest BCUT2D eigenvalue weighted by Crippen LogP contribution is 2.29. The molecule has 1 aliphatic rings. The summed E-state index contributed by atoms with van der Waals surface area (Å²) in [7, 11) is 0. The molecule has 0 radical (unpaired) electrons. The van der Waals surface area contributed by atoms with Crippen LogP contribution in [-0.2, 0) is 20.8 Å². The highest BCUT2D eigenvalue weighted by atomic mass is 16.4. The predicted octanol–water partition coefficient (Wildman–Crippen LogP) is 3.31. The Balaban J connectivity index is 1.40. The van der Waals surface area contributed by atoms with Crippen molar-refractivity contribution in [2.24, 2.45) is 5.92 Å². The molecule has 1 fully saturated rings. The second-order valence-corrected chi connectivity index (χ2v) is 9.22. The van der Waals surface area contributed by atoms with Crippen molar-refractivity contribution < 1.29 is 28.3 Å². The van der Waals surface area contributed by atoms with Gasteiger partial charge in [-0.1, -0.05) is 0 Å². The van der Waals surface area contributed by atoms with Gasteiger partial charge in [-0.25, -0.2) is 4.79 Å². The Bertz CT molecular complexity index is 1340. The third-order valence-electron chi connectivity index (χ3n) is 6.78. The van der Waals surface area contributed by atoms with E-state index in [0.29, 0.717) is 49.2 Å². The van der Waals surface area contributed by atoms with Crippen LogP contribution in [0.5, 0.6) is 0 Å². The minimum atomic E-state index is -0.894. The molecule has 3 heterocycles. The first-order valence-electron chi connectivity index (χ1n) is 12.0. The number of carboxylic acid groups (broad SMARTS) is 1. The molecular formula is C26H30N2O7. The number of aliphatic carboxylic acids is 1. The van der Waals surface area contributed by atoms with Crippen molar-refractivity contribution in [3.8, 4) is 0 Å². The van der Waals surface area contributed by atoms with Crippen molar-refractivity contribution in [1.29, 1.82) is 0 Å². The second-order valence-electron chi connectivity index (χ2n) is 9.22. The molecular weight excluding hydrogens is 452 g/mol. The smallest absolute Gasteiger partial charge is 0.339 e. The van der Waals surface area contributed by atoms with Crippen molar-refractivity contribution >= 4 is 39.7 Å². The van der Waals surface area contributed by atoms with Crippen molar-refractivity contribution in [2.45, 2.75) is 52.4 Å². The van der Waals surface area contributed by atoms with Crippen molar-refractivity contribution in [2.75, 3.05) is 19.6 Å². The number of hydrogen-bond acceptors (Lipinski definition) is 6. The minimum absolute atomic E-state index is 0.00426. The molecule has 2 aromatic heterocycles. The van der Waals surface area contributed by atoms with E-state index in [9.17, 15) is 19.2 Å². The van der Waals surface area contributed by atoms with Gasteiger partial charge in [0.2, 0.25) is 11.8 Å². The maximum Gasteiger partial charge on any atom is 0.339 e. The number of carbonyl (C=O) groups excluding carboxylic acids is 2. The summed E-state index contributed by atoms with van der Waals surface area (Å²) < 4.78 is 11.1. The Morgan fingerprint density at radius 3 is 2.71 bits per heavy atom. The van der Waals surface area contributed by atoms with Crippen LogP contribution < -0.4 is 10.9 Å². The number of fused-ring (bicyclic) bond motifs is 2. The zero-order valence-corrected chi connectivity index (χ0v) is 20.0. The quantitative estimate of drug-likeness (QED) is 0.372. The Hall–Kier alpha value is -3.62. The van der Waals surface area contributed by atoms with Gasteiger partial charge in [0.15, 0.2) is 0 Å². The van der Waals surface area contributed by atoms with Crippen LogP contribution in [0, 0.1) is 19.8 Å². The average Bonchev–Trinajstić information content (AvgIpc) is 3.19. The van der Waals surface area contributed by atoms with Gasteiger partial charge in [0.25, 0.3) is 0 Å². The highest BCUT2D eigenvalue weighted by Gasteiger charge is 2.28. The van der Waals surface area contributed by atoms with Crippen LogP contribution in [0.2, 0.25) is 0 Å². The van der Waals surface area contributed by atoms with Crippen molar-refractivity contribution in [3.05, 3.63) is 45.5 Å². The van der Waals surface area contributed by atoms with Gasteiger partial charge in [-0.2, -0.15) is 0 Å². The van der Waals surface area contributed by atoms with E-state index in [1.165, 1.54) is 0 Å². The standard InChI is InChI=1S/C26H30N2O7/c1-15-14-34-21-12-22-20(11-19(15)21)16(2)18(26(33)35-22)7-8-23(29)28-10-4-5-17(13-28)25(32)27-9-3-6-24(30)31/h11-12,14,17H,3-10,13H2,1-2H3,(H,27,32)(H,30,31)/t17-/m0/s1. The van der Waals surface area contributed by atoms with Crippen LogP contribution in [0.4, 0.5) is 0 Å². The summed E-state index contributed by atoms with van der Waals surface area (Å²) in [4.78, 5) is 50.3. The number of nitrogens with zero attached hydrogens (tertiary/aromatic N) is 1. The van der Waals surface area contributed by atoms with E-state index >= 15 is 0 Å². The van der Waals surface area contributed by atoms with Crippen LogP contribution in [-0.4, -0.2) is 47.4 Å². The first kappa shape index (κ1) is 24.5. The second kappa shape index (κ2) is 10.3. The molecule has 186 valence electrons. The van der Waals surface area contributed by atoms with E-state index in [1.807, 2.05) is 19.9 Å². The van der Waals surface area contributed by atoms with Gasteiger partial charge in [0.05, 0.1) is 12.2 Å². The molecule has 1 aromatic carbocycles. The summed E-state index contributed by atoms with van der Waals surface area (Å²) in [5.41, 5.74) is 2.93. The van der Waals surface area contributed by atoms with Gasteiger partial charge in [-0.3, -0.25) is 14.4 Å². The molecule has 1 saturated heterocycles. The number of nitrogens with one attached hydrogen (secondary N) is 1. The minimum Gasteiger partial charge on any atom is -0.481 e. The van der Waals surface area contributed by atoms with E-state index in [0.717, 1.165) is 28.3 Å². The molecule has 2 N–H and O–H groups in total. The summed E-state index contributed by atoms with van der Waals surface area (Å²) in [6.07, 6.45) is 3.85. The molecule has 9 nitrogen and oxygen atoms in total. The third-order valence-corrected chi connectivity index (χ3v) is 6.78. The highest BCUT2D eigenvalue weighted by molar-refractivity contribution is 5.96. The number of amides is 2. The zero-order valence-electron chi connectivity index (χ0n) is 20.0. The van der Waals surface area contributed by atoms with Crippen LogP contribution in [0.25, 0.3) is 21.9 Å². The normalized spacial score (nSPS) is 16.1. The van der Waals surface area contributed by atoms with E-state index in [4.69, 9.17) is 13.9 Å². The van der Waals surface area contributed by atoms with Crippen LogP contribution in [0.15, 0.2) is 32.0 Å². The molecule has 2 amide bonds. The van der Waals surface area contributed by atoms with E-state index in [1.54, 1.807) is 17.2 Å². The molecule has 0 saturated carbocycles. The molecule has 0 aliphatic carbocycles. The van der Waals surface area contributed by atoms with Crippen LogP contribution in [0.1, 0.15) is 48.8 Å². The number of piperidine rings is 1. The average molecular weight is 483 g/mol. The van der Waals surface area contributed by atoms with Gasteiger partial charge in [-0.05, 0) is 56.7 Å². The monoisotopic (exact) mass is 482 g/mol.